The molecule has 0 atom stereocenters. The van der Waals surface area contributed by atoms with Crippen molar-refractivity contribution in [2.75, 3.05) is 25.0 Å². The molecule has 1 aliphatic rings. The van der Waals surface area contributed by atoms with Gasteiger partial charge in [-0.05, 0) is 42.8 Å². The molecule has 148 valence electrons. The number of hydrogen-bond acceptors (Lipinski definition) is 5. The summed E-state index contributed by atoms with van der Waals surface area (Å²) in [7, 11) is 0. The van der Waals surface area contributed by atoms with Crippen LogP contribution in [0.2, 0.25) is 10.0 Å². The van der Waals surface area contributed by atoms with Gasteiger partial charge in [0, 0.05) is 35.6 Å². The van der Waals surface area contributed by atoms with Crippen molar-refractivity contribution in [3.63, 3.8) is 0 Å². The molecule has 0 bridgehead atoms. The predicted octanol–water partition coefficient (Wildman–Crippen LogP) is 5.00. The maximum absolute atomic E-state index is 6.38. The second kappa shape index (κ2) is 9.16. The number of benzene rings is 2. The number of para-hydroxylation sites is 1. The van der Waals surface area contributed by atoms with Crippen LogP contribution in [0.5, 0.6) is 0 Å². The maximum Gasteiger partial charge on any atom is 0.163 e. The zero-order valence-corrected chi connectivity index (χ0v) is 17.3. The van der Waals surface area contributed by atoms with E-state index in [1.54, 1.807) is 12.1 Å². The molecular weight excluding hydrogens is 405 g/mol. The van der Waals surface area contributed by atoms with Crippen molar-refractivity contribution in [3.05, 3.63) is 76.6 Å². The summed E-state index contributed by atoms with van der Waals surface area (Å²) in [5, 5.41) is 12.2. The third-order valence-corrected chi connectivity index (χ3v) is 5.09. The monoisotopic (exact) mass is 425 g/mol. The number of allylic oxidation sites excluding steroid dienone is 2. The van der Waals surface area contributed by atoms with E-state index in [0.717, 1.165) is 54.2 Å². The van der Waals surface area contributed by atoms with Crippen LogP contribution in [0.3, 0.4) is 0 Å². The Hall–Kier alpha value is -2.76. The van der Waals surface area contributed by atoms with Crippen molar-refractivity contribution < 1.29 is 0 Å². The van der Waals surface area contributed by atoms with Crippen LogP contribution in [0.25, 0.3) is 22.3 Å². The van der Waals surface area contributed by atoms with E-state index in [4.69, 9.17) is 28.2 Å². The van der Waals surface area contributed by atoms with Crippen LogP contribution >= 0.6 is 23.2 Å². The zero-order chi connectivity index (χ0) is 20.1. The van der Waals surface area contributed by atoms with Gasteiger partial charge in [-0.15, -0.1) is 0 Å². The molecule has 0 aliphatic carbocycles. The number of hydrogen-bond donors (Lipinski definition) is 3. The minimum atomic E-state index is 0.533. The number of aromatic nitrogens is 2. The Labute approximate surface area is 179 Å². The Morgan fingerprint density at radius 1 is 1.00 bits per heavy atom. The van der Waals surface area contributed by atoms with E-state index < -0.39 is 0 Å². The van der Waals surface area contributed by atoms with Gasteiger partial charge in [-0.25, -0.2) is 9.97 Å². The van der Waals surface area contributed by atoms with Gasteiger partial charge in [-0.2, -0.15) is 0 Å². The Kier molecular flexibility index (Phi) is 6.17. The van der Waals surface area contributed by atoms with Crippen LogP contribution < -0.4 is 16.0 Å². The summed E-state index contributed by atoms with van der Waals surface area (Å²) < 4.78 is 0. The maximum atomic E-state index is 6.38. The number of dihydropyridines is 1. The molecular formula is C22H21Cl2N5. The van der Waals surface area contributed by atoms with Gasteiger partial charge in [0.1, 0.15) is 5.82 Å². The van der Waals surface area contributed by atoms with E-state index in [1.807, 2.05) is 42.5 Å². The van der Waals surface area contributed by atoms with E-state index >= 15 is 0 Å². The summed E-state index contributed by atoms with van der Waals surface area (Å²) in [6, 6.07) is 13.3. The fourth-order valence-corrected chi connectivity index (χ4v) is 3.60. The number of halogens is 2. The third kappa shape index (κ3) is 4.81. The smallest absolute Gasteiger partial charge is 0.163 e. The van der Waals surface area contributed by atoms with Gasteiger partial charge < -0.3 is 16.0 Å². The lowest BCUT2D eigenvalue weighted by Crippen LogP contribution is -2.29. The quantitative estimate of drug-likeness (QED) is 0.465. The van der Waals surface area contributed by atoms with Gasteiger partial charge in [-0.3, -0.25) is 0 Å². The SMILES string of the molecule is Clc1ccc(-c2nc(NCCCNC3=CC=CCN3)c3ccccc3n2)c(Cl)c1. The lowest BCUT2D eigenvalue weighted by atomic mass is 10.1. The van der Waals surface area contributed by atoms with Crippen molar-refractivity contribution in [1.82, 2.24) is 20.6 Å². The normalized spacial score (nSPS) is 13.1. The molecule has 0 fully saturated rings. The second-order valence-electron chi connectivity index (χ2n) is 6.63. The average molecular weight is 426 g/mol. The van der Waals surface area contributed by atoms with Gasteiger partial charge in [0.2, 0.25) is 0 Å². The molecule has 5 nitrogen and oxygen atoms in total. The van der Waals surface area contributed by atoms with Crippen molar-refractivity contribution >= 4 is 39.9 Å². The van der Waals surface area contributed by atoms with E-state index in [0.29, 0.717) is 15.9 Å². The van der Waals surface area contributed by atoms with Gasteiger partial charge in [0.15, 0.2) is 5.82 Å². The van der Waals surface area contributed by atoms with Crippen LogP contribution in [-0.2, 0) is 0 Å². The topological polar surface area (TPSA) is 61.9 Å². The Bertz CT molecular complexity index is 1080. The van der Waals surface area contributed by atoms with Crippen LogP contribution in [0.1, 0.15) is 6.42 Å². The second-order valence-corrected chi connectivity index (χ2v) is 7.48. The lowest BCUT2D eigenvalue weighted by molar-refractivity contribution is 0.682. The van der Waals surface area contributed by atoms with E-state index in [9.17, 15) is 0 Å². The van der Waals surface area contributed by atoms with Crippen LogP contribution in [0.4, 0.5) is 5.82 Å². The van der Waals surface area contributed by atoms with Crippen LogP contribution in [-0.4, -0.2) is 29.6 Å². The summed E-state index contributed by atoms with van der Waals surface area (Å²) in [5.74, 6) is 2.43. The highest BCUT2D eigenvalue weighted by atomic mass is 35.5. The minimum absolute atomic E-state index is 0.533. The third-order valence-electron chi connectivity index (χ3n) is 4.55. The highest BCUT2D eigenvalue weighted by Gasteiger charge is 2.12. The van der Waals surface area contributed by atoms with Crippen molar-refractivity contribution in [2.45, 2.75) is 6.42 Å². The first kappa shape index (κ1) is 19.6. The molecule has 0 unspecified atom stereocenters. The first-order valence-corrected chi connectivity index (χ1v) is 10.3. The lowest BCUT2D eigenvalue weighted by Gasteiger charge is -2.15. The molecule has 3 aromatic rings. The molecule has 4 rings (SSSR count). The molecule has 2 heterocycles. The average Bonchev–Trinajstić information content (AvgIpc) is 2.74. The van der Waals surface area contributed by atoms with Gasteiger partial charge in [0.25, 0.3) is 0 Å². The number of nitrogens with one attached hydrogen (secondary N) is 3. The number of nitrogens with zero attached hydrogens (tertiary/aromatic N) is 2. The molecule has 29 heavy (non-hydrogen) atoms. The molecule has 0 saturated heterocycles. The summed E-state index contributed by atoms with van der Waals surface area (Å²) >= 11 is 12.4. The first-order valence-electron chi connectivity index (χ1n) is 9.51. The van der Waals surface area contributed by atoms with Crippen molar-refractivity contribution in [2.24, 2.45) is 0 Å². The summed E-state index contributed by atoms with van der Waals surface area (Å²) in [5.41, 5.74) is 1.63. The Morgan fingerprint density at radius 2 is 1.86 bits per heavy atom. The molecule has 1 aromatic heterocycles. The largest absolute Gasteiger partial charge is 0.372 e. The minimum Gasteiger partial charge on any atom is -0.372 e. The number of fused-ring (bicyclic) bond motifs is 1. The van der Waals surface area contributed by atoms with E-state index in [1.165, 1.54) is 0 Å². The summed E-state index contributed by atoms with van der Waals surface area (Å²) in [6.45, 7) is 2.50. The van der Waals surface area contributed by atoms with E-state index in [-0.39, 0.29) is 0 Å². The Morgan fingerprint density at radius 3 is 2.69 bits per heavy atom. The zero-order valence-electron chi connectivity index (χ0n) is 15.8. The van der Waals surface area contributed by atoms with Crippen molar-refractivity contribution in [3.8, 4) is 11.4 Å². The molecule has 2 aromatic carbocycles. The van der Waals surface area contributed by atoms with Crippen molar-refractivity contribution in [1.29, 1.82) is 0 Å². The Balaban J connectivity index is 1.50. The predicted molar refractivity (Wildman–Crippen MR) is 121 cm³/mol. The van der Waals surface area contributed by atoms with Gasteiger partial charge >= 0.3 is 0 Å². The molecule has 3 N–H and O–H groups in total. The number of rotatable bonds is 7. The van der Waals surface area contributed by atoms with E-state index in [2.05, 4.69) is 27.0 Å². The molecule has 0 amide bonds. The number of anilines is 1. The van der Waals surface area contributed by atoms with Crippen LogP contribution in [0, 0.1) is 0 Å². The fraction of sp³-hybridized carbons (Fsp3) is 0.182. The molecule has 0 saturated carbocycles. The molecule has 0 spiro atoms. The van der Waals surface area contributed by atoms with Gasteiger partial charge in [-0.1, -0.05) is 47.5 Å². The summed E-state index contributed by atoms with van der Waals surface area (Å²) in [4.78, 5) is 9.44. The molecule has 0 radical (unpaired) electrons. The highest BCUT2D eigenvalue weighted by Crippen LogP contribution is 2.31. The highest BCUT2D eigenvalue weighted by molar-refractivity contribution is 6.36. The molecule has 7 heteroatoms. The van der Waals surface area contributed by atoms with Gasteiger partial charge in [0.05, 0.1) is 16.4 Å². The fourth-order valence-electron chi connectivity index (χ4n) is 3.10. The first-order chi connectivity index (χ1) is 14.2. The van der Waals surface area contributed by atoms with Crippen LogP contribution in [0.15, 0.2) is 66.5 Å². The molecule has 1 aliphatic heterocycles. The standard InChI is InChI=1S/C22H21Cl2N5/c23-15-9-10-16(18(24)14-15)22-28-19-7-2-1-6-17(19)21(29-22)27-13-5-12-26-20-8-3-4-11-25-20/h1-4,6-10,14,25-26H,5,11-13H2,(H,27,28,29). The summed E-state index contributed by atoms with van der Waals surface area (Å²) in [6.07, 6.45) is 7.11.